The molecule has 5 nitrogen and oxygen atoms in total. The van der Waals surface area contributed by atoms with E-state index in [1.54, 1.807) is 0 Å². The minimum Gasteiger partial charge on any atom is -0.351 e. The molecule has 0 bridgehead atoms. The van der Waals surface area contributed by atoms with Crippen molar-refractivity contribution in [2.45, 2.75) is 45.9 Å². The lowest BCUT2D eigenvalue weighted by Gasteiger charge is -2.27. The minimum atomic E-state index is -0.178. The lowest BCUT2D eigenvalue weighted by Crippen LogP contribution is -2.43. The van der Waals surface area contributed by atoms with E-state index in [0.29, 0.717) is 13.2 Å². The summed E-state index contributed by atoms with van der Waals surface area (Å²) in [6.45, 7) is 8.33. The van der Waals surface area contributed by atoms with Crippen LogP contribution in [0.4, 0.5) is 0 Å². The first kappa shape index (κ1) is 16.1. The molecule has 0 saturated heterocycles. The van der Waals surface area contributed by atoms with Crippen LogP contribution in [-0.2, 0) is 22.9 Å². The smallest absolute Gasteiger partial charge is 0.172 e. The van der Waals surface area contributed by atoms with Crippen molar-refractivity contribution in [3.8, 4) is 0 Å². The van der Waals surface area contributed by atoms with Gasteiger partial charge in [-0.1, -0.05) is 6.92 Å². The average molecular weight is 269 g/mol. The Bertz CT molecular complexity index is 335. The summed E-state index contributed by atoms with van der Waals surface area (Å²) >= 11 is 0. The van der Waals surface area contributed by atoms with E-state index in [0.717, 1.165) is 19.4 Å². The number of hydrogen-bond acceptors (Lipinski definition) is 4. The van der Waals surface area contributed by atoms with Crippen molar-refractivity contribution in [3.63, 3.8) is 0 Å². The summed E-state index contributed by atoms with van der Waals surface area (Å²) in [7, 11) is 1.97. The predicted molar refractivity (Wildman–Crippen MR) is 76.0 cm³/mol. The van der Waals surface area contributed by atoms with Gasteiger partial charge in [-0.25, -0.2) is 0 Å². The van der Waals surface area contributed by atoms with Crippen molar-refractivity contribution < 1.29 is 9.47 Å². The third-order valence-electron chi connectivity index (χ3n) is 3.09. The highest BCUT2D eigenvalue weighted by Crippen LogP contribution is 2.11. The van der Waals surface area contributed by atoms with Gasteiger partial charge >= 0.3 is 0 Å². The van der Waals surface area contributed by atoms with Crippen LogP contribution < -0.4 is 5.32 Å². The van der Waals surface area contributed by atoms with Crippen LogP contribution in [0.5, 0.6) is 0 Å². The third-order valence-corrected chi connectivity index (χ3v) is 3.09. The Hall–Kier alpha value is -0.910. The second kappa shape index (κ2) is 9.07. The second-order valence-electron chi connectivity index (χ2n) is 4.43. The highest BCUT2D eigenvalue weighted by molar-refractivity contribution is 5.00. The first-order valence-electron chi connectivity index (χ1n) is 7.16. The monoisotopic (exact) mass is 269 g/mol. The van der Waals surface area contributed by atoms with E-state index >= 15 is 0 Å². The van der Waals surface area contributed by atoms with Crippen LogP contribution in [0.25, 0.3) is 0 Å². The molecular formula is C14H27N3O2. The van der Waals surface area contributed by atoms with E-state index in [-0.39, 0.29) is 12.3 Å². The average Bonchev–Trinajstić information content (AvgIpc) is 2.80. The summed E-state index contributed by atoms with van der Waals surface area (Å²) < 4.78 is 13.3. The van der Waals surface area contributed by atoms with Gasteiger partial charge in [0, 0.05) is 32.2 Å². The largest absolute Gasteiger partial charge is 0.351 e. The molecule has 0 spiro atoms. The fourth-order valence-corrected chi connectivity index (χ4v) is 2.16. The molecule has 5 heteroatoms. The van der Waals surface area contributed by atoms with Crippen molar-refractivity contribution in [2.75, 3.05) is 19.8 Å². The van der Waals surface area contributed by atoms with Gasteiger partial charge in [0.15, 0.2) is 6.29 Å². The number of aryl methyl sites for hydroxylation is 2. The van der Waals surface area contributed by atoms with Crippen molar-refractivity contribution in [1.29, 1.82) is 0 Å². The molecule has 1 aromatic rings. The van der Waals surface area contributed by atoms with Crippen molar-refractivity contribution in [1.82, 2.24) is 15.1 Å². The van der Waals surface area contributed by atoms with Crippen LogP contribution in [0.3, 0.4) is 0 Å². The topological polar surface area (TPSA) is 48.3 Å². The SMILES string of the molecule is CCNC(CCc1ccnn1C)C(OCC)OCC. The predicted octanol–water partition coefficient (Wildman–Crippen LogP) is 1.73. The van der Waals surface area contributed by atoms with Crippen LogP contribution >= 0.6 is 0 Å². The summed E-state index contributed by atoms with van der Waals surface area (Å²) in [5.41, 5.74) is 1.23. The Morgan fingerprint density at radius 2 is 1.95 bits per heavy atom. The van der Waals surface area contributed by atoms with Gasteiger partial charge in [0.05, 0.1) is 6.04 Å². The van der Waals surface area contributed by atoms with Gasteiger partial charge in [-0.05, 0) is 39.3 Å². The van der Waals surface area contributed by atoms with Crippen LogP contribution in [0.15, 0.2) is 12.3 Å². The lowest BCUT2D eigenvalue weighted by molar-refractivity contribution is -0.154. The third kappa shape index (κ3) is 5.30. The lowest BCUT2D eigenvalue weighted by atomic mass is 10.1. The first-order valence-corrected chi connectivity index (χ1v) is 7.16. The Morgan fingerprint density at radius 3 is 2.42 bits per heavy atom. The molecule has 19 heavy (non-hydrogen) atoms. The van der Waals surface area contributed by atoms with Crippen molar-refractivity contribution in [3.05, 3.63) is 18.0 Å². The van der Waals surface area contributed by atoms with E-state index in [1.165, 1.54) is 5.69 Å². The molecule has 0 aliphatic heterocycles. The number of aromatic nitrogens is 2. The van der Waals surface area contributed by atoms with E-state index < -0.39 is 0 Å². The highest BCUT2D eigenvalue weighted by atomic mass is 16.7. The molecule has 0 fully saturated rings. The number of nitrogens with one attached hydrogen (secondary N) is 1. The Balaban J connectivity index is 2.56. The zero-order valence-electron chi connectivity index (χ0n) is 12.6. The van der Waals surface area contributed by atoms with Crippen LogP contribution in [0, 0.1) is 0 Å². The van der Waals surface area contributed by atoms with Crippen LogP contribution in [0.2, 0.25) is 0 Å². The fraction of sp³-hybridized carbons (Fsp3) is 0.786. The Kier molecular flexibility index (Phi) is 7.70. The molecule has 1 heterocycles. The maximum atomic E-state index is 5.69. The van der Waals surface area contributed by atoms with Gasteiger partial charge in [-0.15, -0.1) is 0 Å². The number of likely N-dealkylation sites (N-methyl/N-ethyl adjacent to an activating group) is 1. The first-order chi connectivity index (χ1) is 9.22. The highest BCUT2D eigenvalue weighted by Gasteiger charge is 2.21. The Labute approximate surface area is 116 Å². The molecule has 1 rings (SSSR count). The van der Waals surface area contributed by atoms with Crippen molar-refractivity contribution in [2.24, 2.45) is 7.05 Å². The molecular weight excluding hydrogens is 242 g/mol. The molecule has 1 unspecified atom stereocenters. The van der Waals surface area contributed by atoms with Gasteiger partial charge < -0.3 is 14.8 Å². The van der Waals surface area contributed by atoms with Crippen molar-refractivity contribution >= 4 is 0 Å². The van der Waals surface area contributed by atoms with Gasteiger partial charge in [0.2, 0.25) is 0 Å². The quantitative estimate of drug-likeness (QED) is 0.657. The molecule has 0 radical (unpaired) electrons. The zero-order chi connectivity index (χ0) is 14.1. The van der Waals surface area contributed by atoms with Crippen LogP contribution in [-0.4, -0.2) is 41.9 Å². The maximum absolute atomic E-state index is 5.69. The molecule has 1 aromatic heterocycles. The number of hydrogen-bond donors (Lipinski definition) is 1. The van der Waals surface area contributed by atoms with Crippen LogP contribution in [0.1, 0.15) is 32.9 Å². The number of ether oxygens (including phenoxy) is 2. The summed E-state index contributed by atoms with van der Waals surface area (Å²) in [6.07, 6.45) is 3.59. The molecule has 0 aromatic carbocycles. The fourth-order valence-electron chi connectivity index (χ4n) is 2.16. The number of rotatable bonds is 10. The molecule has 0 aliphatic rings. The van der Waals surface area contributed by atoms with Gasteiger partial charge in [0.25, 0.3) is 0 Å². The molecule has 1 atom stereocenters. The minimum absolute atomic E-state index is 0.178. The second-order valence-corrected chi connectivity index (χ2v) is 4.43. The summed E-state index contributed by atoms with van der Waals surface area (Å²) in [5, 5.41) is 7.65. The van der Waals surface area contributed by atoms with E-state index in [9.17, 15) is 0 Å². The molecule has 0 aliphatic carbocycles. The zero-order valence-corrected chi connectivity index (χ0v) is 12.6. The summed E-state index contributed by atoms with van der Waals surface area (Å²) in [4.78, 5) is 0. The summed E-state index contributed by atoms with van der Waals surface area (Å²) in [5.74, 6) is 0. The molecule has 1 N–H and O–H groups in total. The van der Waals surface area contributed by atoms with E-state index in [4.69, 9.17) is 9.47 Å². The number of nitrogens with zero attached hydrogens (tertiary/aromatic N) is 2. The molecule has 110 valence electrons. The van der Waals surface area contributed by atoms with Gasteiger partial charge in [-0.2, -0.15) is 5.10 Å². The van der Waals surface area contributed by atoms with Gasteiger partial charge in [-0.3, -0.25) is 4.68 Å². The maximum Gasteiger partial charge on any atom is 0.172 e. The standard InChI is InChI=1S/C14H27N3O2/c1-5-15-13(14(18-6-2)19-7-3)9-8-12-10-11-16-17(12)4/h10-11,13-15H,5-9H2,1-4H3. The summed E-state index contributed by atoms with van der Waals surface area (Å²) in [6, 6.07) is 2.26. The van der Waals surface area contributed by atoms with E-state index in [1.807, 2.05) is 31.8 Å². The van der Waals surface area contributed by atoms with Gasteiger partial charge in [0.1, 0.15) is 0 Å². The molecule has 0 saturated carbocycles. The Morgan fingerprint density at radius 1 is 1.26 bits per heavy atom. The molecule has 0 amide bonds. The van der Waals surface area contributed by atoms with E-state index in [2.05, 4.69) is 23.4 Å². The normalized spacial score (nSPS) is 13.1.